The van der Waals surface area contributed by atoms with E-state index in [1.165, 1.54) is 22.2 Å². The predicted octanol–water partition coefficient (Wildman–Crippen LogP) is 4.37. The Morgan fingerprint density at radius 1 is 1.17 bits per heavy atom. The maximum atomic E-state index is 12.5. The summed E-state index contributed by atoms with van der Waals surface area (Å²) in [4.78, 5) is 25.1. The first kappa shape index (κ1) is 21.1. The van der Waals surface area contributed by atoms with Crippen LogP contribution in [0.3, 0.4) is 0 Å². The fraction of sp³-hybridized carbons (Fsp3) is 0.227. The minimum atomic E-state index is -0.958. The van der Waals surface area contributed by atoms with Crippen LogP contribution < -0.4 is 4.74 Å². The third-order valence-corrected chi connectivity index (χ3v) is 5.68. The summed E-state index contributed by atoms with van der Waals surface area (Å²) in [6.07, 6.45) is 3.50. The number of thioether (sulfide) groups is 1. The molecule has 1 amide bonds. The van der Waals surface area contributed by atoms with Crippen LogP contribution in [0.25, 0.3) is 6.08 Å². The van der Waals surface area contributed by atoms with Gasteiger partial charge in [0.2, 0.25) is 0 Å². The lowest BCUT2D eigenvalue weighted by Crippen LogP contribution is -2.30. The molecular formula is C22H21NO4S2. The molecule has 0 bridgehead atoms. The second-order valence-corrected chi connectivity index (χ2v) is 8.16. The summed E-state index contributed by atoms with van der Waals surface area (Å²) in [7, 11) is 0. The predicted molar refractivity (Wildman–Crippen MR) is 119 cm³/mol. The smallest absolute Gasteiger partial charge is 0.305 e. The third-order valence-electron chi connectivity index (χ3n) is 4.30. The lowest BCUT2D eigenvalue weighted by atomic mass is 10.1. The Bertz CT molecular complexity index is 927. The number of aryl methyl sites for hydroxylation is 1. The van der Waals surface area contributed by atoms with Gasteiger partial charge in [-0.3, -0.25) is 14.5 Å². The Morgan fingerprint density at radius 2 is 1.97 bits per heavy atom. The minimum Gasteiger partial charge on any atom is -0.494 e. The van der Waals surface area contributed by atoms with Crippen LogP contribution in [0, 0.1) is 0 Å². The van der Waals surface area contributed by atoms with Crippen molar-refractivity contribution in [3.63, 3.8) is 0 Å². The molecule has 0 spiro atoms. The van der Waals surface area contributed by atoms with E-state index < -0.39 is 5.97 Å². The van der Waals surface area contributed by atoms with E-state index in [1.807, 2.05) is 42.5 Å². The van der Waals surface area contributed by atoms with E-state index in [9.17, 15) is 9.59 Å². The van der Waals surface area contributed by atoms with Crippen LogP contribution in [0.2, 0.25) is 0 Å². The Labute approximate surface area is 179 Å². The van der Waals surface area contributed by atoms with Crippen LogP contribution in [0.5, 0.6) is 5.75 Å². The number of carbonyl (C=O) groups excluding carboxylic acids is 1. The number of hydrogen-bond acceptors (Lipinski definition) is 5. The van der Waals surface area contributed by atoms with Crippen molar-refractivity contribution in [1.29, 1.82) is 0 Å². The highest BCUT2D eigenvalue weighted by Gasteiger charge is 2.32. The molecule has 29 heavy (non-hydrogen) atoms. The first-order chi connectivity index (χ1) is 14.0. The summed E-state index contributed by atoms with van der Waals surface area (Å²) in [6, 6.07) is 17.8. The van der Waals surface area contributed by atoms with Gasteiger partial charge < -0.3 is 9.84 Å². The highest BCUT2D eigenvalue weighted by Crippen LogP contribution is 2.33. The van der Waals surface area contributed by atoms with Crippen LogP contribution in [-0.2, 0) is 16.0 Å². The van der Waals surface area contributed by atoms with Crippen LogP contribution in [0.1, 0.15) is 24.0 Å². The summed E-state index contributed by atoms with van der Waals surface area (Å²) < 4.78 is 6.23. The largest absolute Gasteiger partial charge is 0.494 e. The Kier molecular flexibility index (Phi) is 7.43. The van der Waals surface area contributed by atoms with Gasteiger partial charge in [0.05, 0.1) is 17.9 Å². The zero-order valence-corrected chi connectivity index (χ0v) is 17.4. The molecule has 1 N–H and O–H groups in total. The van der Waals surface area contributed by atoms with E-state index in [-0.39, 0.29) is 18.9 Å². The lowest BCUT2D eigenvalue weighted by molar-refractivity contribution is -0.137. The monoisotopic (exact) mass is 427 g/mol. The van der Waals surface area contributed by atoms with Gasteiger partial charge in [0, 0.05) is 6.54 Å². The minimum absolute atomic E-state index is 0.0852. The third kappa shape index (κ3) is 6.17. The zero-order valence-electron chi connectivity index (χ0n) is 15.7. The number of aliphatic carboxylic acids is 1. The number of ether oxygens (including phenoxy) is 1. The summed E-state index contributed by atoms with van der Waals surface area (Å²) in [5, 5.41) is 8.81. The number of amides is 1. The van der Waals surface area contributed by atoms with Crippen molar-refractivity contribution in [3.8, 4) is 5.75 Å². The van der Waals surface area contributed by atoms with Crippen LogP contribution in [0.4, 0.5) is 0 Å². The second kappa shape index (κ2) is 10.2. The van der Waals surface area contributed by atoms with E-state index in [0.717, 1.165) is 24.2 Å². The molecule has 150 valence electrons. The molecule has 7 heteroatoms. The van der Waals surface area contributed by atoms with Crippen molar-refractivity contribution in [1.82, 2.24) is 4.90 Å². The number of benzene rings is 2. The standard InChI is InChI=1S/C22H21NO4S2/c24-20(25)11-12-23-21(26)19(29-22(23)28)15-17-8-4-10-18(14-17)27-13-5-9-16-6-2-1-3-7-16/h1-4,6-8,10,14-15H,5,9,11-13H2,(H,24,25)/b19-15-. The van der Waals surface area contributed by atoms with Gasteiger partial charge in [-0.15, -0.1) is 0 Å². The van der Waals surface area contributed by atoms with Crippen LogP contribution >= 0.6 is 24.0 Å². The van der Waals surface area contributed by atoms with E-state index in [0.29, 0.717) is 15.8 Å². The van der Waals surface area contributed by atoms with Crippen molar-refractivity contribution >= 4 is 46.3 Å². The van der Waals surface area contributed by atoms with Gasteiger partial charge >= 0.3 is 5.97 Å². The summed E-state index contributed by atoms with van der Waals surface area (Å²) in [5.41, 5.74) is 2.12. The van der Waals surface area contributed by atoms with Crippen molar-refractivity contribution in [2.45, 2.75) is 19.3 Å². The van der Waals surface area contributed by atoms with Gasteiger partial charge in [-0.25, -0.2) is 0 Å². The summed E-state index contributed by atoms with van der Waals surface area (Å²) in [5.74, 6) is -0.469. The first-order valence-corrected chi connectivity index (χ1v) is 10.5. The average molecular weight is 428 g/mol. The number of carboxylic acid groups (broad SMARTS) is 1. The molecule has 1 aliphatic rings. The molecule has 0 aromatic heterocycles. The SMILES string of the molecule is O=C(O)CCN1C(=O)/C(=C/c2cccc(OCCCc3ccccc3)c2)SC1=S. The van der Waals surface area contributed by atoms with E-state index in [1.54, 1.807) is 6.08 Å². The van der Waals surface area contributed by atoms with Gasteiger partial charge in [-0.05, 0) is 42.2 Å². The molecule has 0 aliphatic carbocycles. The Hall–Kier alpha value is -2.64. The lowest BCUT2D eigenvalue weighted by Gasteiger charge is -2.12. The van der Waals surface area contributed by atoms with Crippen molar-refractivity contribution < 1.29 is 19.4 Å². The molecule has 1 heterocycles. The number of carboxylic acids is 1. The molecular weight excluding hydrogens is 406 g/mol. The number of nitrogens with zero attached hydrogens (tertiary/aromatic N) is 1. The topological polar surface area (TPSA) is 66.8 Å². The maximum absolute atomic E-state index is 12.5. The Morgan fingerprint density at radius 3 is 2.72 bits per heavy atom. The summed E-state index contributed by atoms with van der Waals surface area (Å²) >= 11 is 6.40. The van der Waals surface area contributed by atoms with Gasteiger partial charge in [0.1, 0.15) is 10.1 Å². The quantitative estimate of drug-likeness (QED) is 0.364. The molecule has 0 atom stereocenters. The van der Waals surface area contributed by atoms with Crippen molar-refractivity contribution in [2.24, 2.45) is 0 Å². The first-order valence-electron chi connectivity index (χ1n) is 9.27. The van der Waals surface area contributed by atoms with Crippen molar-refractivity contribution in [2.75, 3.05) is 13.2 Å². The van der Waals surface area contributed by atoms with Gasteiger partial charge in [0.15, 0.2) is 0 Å². The maximum Gasteiger partial charge on any atom is 0.305 e. The summed E-state index contributed by atoms with van der Waals surface area (Å²) in [6.45, 7) is 0.692. The molecule has 0 unspecified atom stereocenters. The molecule has 1 saturated heterocycles. The number of rotatable bonds is 9. The zero-order chi connectivity index (χ0) is 20.6. The number of hydrogen-bond donors (Lipinski definition) is 1. The van der Waals surface area contributed by atoms with E-state index >= 15 is 0 Å². The van der Waals surface area contributed by atoms with Gasteiger partial charge in [-0.2, -0.15) is 0 Å². The highest BCUT2D eigenvalue weighted by molar-refractivity contribution is 8.26. The van der Waals surface area contributed by atoms with Crippen LogP contribution in [0.15, 0.2) is 59.5 Å². The van der Waals surface area contributed by atoms with E-state index in [4.69, 9.17) is 22.1 Å². The number of thiocarbonyl (C=S) groups is 1. The Balaban J connectivity index is 1.57. The average Bonchev–Trinajstić information content (AvgIpc) is 2.97. The van der Waals surface area contributed by atoms with Crippen LogP contribution in [-0.4, -0.2) is 39.4 Å². The second-order valence-electron chi connectivity index (χ2n) is 6.49. The molecule has 2 aromatic carbocycles. The van der Waals surface area contributed by atoms with Crippen molar-refractivity contribution in [3.05, 3.63) is 70.6 Å². The van der Waals surface area contributed by atoms with E-state index in [2.05, 4.69) is 12.1 Å². The fourth-order valence-electron chi connectivity index (χ4n) is 2.86. The number of carbonyl (C=O) groups is 2. The normalized spacial score (nSPS) is 15.2. The molecule has 1 aliphatic heterocycles. The molecule has 1 fully saturated rings. The molecule has 5 nitrogen and oxygen atoms in total. The van der Waals surface area contributed by atoms with Gasteiger partial charge in [0.25, 0.3) is 5.91 Å². The molecule has 0 radical (unpaired) electrons. The highest BCUT2D eigenvalue weighted by atomic mass is 32.2. The molecule has 3 rings (SSSR count). The fourth-order valence-corrected chi connectivity index (χ4v) is 4.17. The van der Waals surface area contributed by atoms with Gasteiger partial charge in [-0.1, -0.05) is 66.4 Å². The molecule has 0 saturated carbocycles. The molecule has 2 aromatic rings.